The van der Waals surface area contributed by atoms with Crippen LogP contribution in [0, 0.1) is 0 Å². The molecule has 27 heavy (non-hydrogen) atoms. The van der Waals surface area contributed by atoms with Crippen LogP contribution in [-0.2, 0) is 4.79 Å². The maximum atomic E-state index is 12.4. The number of thiocarbonyl (C=S) groups is 1. The summed E-state index contributed by atoms with van der Waals surface area (Å²) in [5, 5.41) is 3.51. The maximum absolute atomic E-state index is 12.4. The van der Waals surface area contributed by atoms with Gasteiger partial charge in [-0.1, -0.05) is 30.3 Å². The van der Waals surface area contributed by atoms with Crippen LogP contribution in [0.2, 0.25) is 0 Å². The second kappa shape index (κ2) is 7.82. The van der Waals surface area contributed by atoms with Gasteiger partial charge in [0, 0.05) is 10.6 Å². The minimum atomic E-state index is -0.0276. The van der Waals surface area contributed by atoms with Crippen molar-refractivity contribution in [3.05, 3.63) is 78.9 Å². The molecule has 0 radical (unpaired) electrons. The second-order valence-electron chi connectivity index (χ2n) is 5.86. The summed E-state index contributed by atoms with van der Waals surface area (Å²) in [6.07, 6.45) is 0. The minimum absolute atomic E-state index is 0.0276. The molecule has 0 fully saturated rings. The highest BCUT2D eigenvalue weighted by Crippen LogP contribution is 2.35. The molecule has 4 rings (SSSR count). The lowest BCUT2D eigenvalue weighted by Gasteiger charge is -2.29. The molecule has 0 aromatic heterocycles. The van der Waals surface area contributed by atoms with E-state index in [1.165, 1.54) is 11.8 Å². The van der Waals surface area contributed by atoms with Crippen molar-refractivity contribution in [1.29, 1.82) is 0 Å². The third kappa shape index (κ3) is 3.97. The van der Waals surface area contributed by atoms with Crippen molar-refractivity contribution in [2.75, 3.05) is 16.0 Å². The Bertz CT molecular complexity index is 975. The highest BCUT2D eigenvalue weighted by atomic mass is 32.2. The van der Waals surface area contributed by atoms with E-state index in [9.17, 15) is 4.79 Å². The molecule has 1 N–H and O–H groups in total. The number of ether oxygens (including phenoxy) is 1. The fourth-order valence-corrected chi connectivity index (χ4v) is 3.94. The molecule has 1 amide bonds. The molecule has 0 unspecified atom stereocenters. The summed E-state index contributed by atoms with van der Waals surface area (Å²) < 4.78 is 5.79. The number of thioether (sulfide) groups is 1. The third-order valence-corrected chi connectivity index (χ3v) is 5.33. The first-order valence-electron chi connectivity index (χ1n) is 8.39. The minimum Gasteiger partial charge on any atom is -0.457 e. The first kappa shape index (κ1) is 17.6. The van der Waals surface area contributed by atoms with Gasteiger partial charge in [-0.05, 0) is 60.7 Å². The normalized spacial score (nSPS) is 13.0. The van der Waals surface area contributed by atoms with Gasteiger partial charge in [0.1, 0.15) is 11.5 Å². The molecular weight excluding hydrogens is 376 g/mol. The summed E-state index contributed by atoms with van der Waals surface area (Å²) in [6, 6.07) is 24.8. The van der Waals surface area contributed by atoms with E-state index in [0.717, 1.165) is 27.8 Å². The molecule has 0 saturated heterocycles. The van der Waals surface area contributed by atoms with Crippen LogP contribution in [0.15, 0.2) is 83.8 Å². The van der Waals surface area contributed by atoms with Gasteiger partial charge in [-0.3, -0.25) is 9.69 Å². The number of para-hydroxylation sites is 2. The van der Waals surface area contributed by atoms with Gasteiger partial charge in [0.2, 0.25) is 5.91 Å². The standard InChI is InChI=1S/C21H16N2O2S2/c24-20-14-27-19-9-5-4-8-18(19)23(20)21(26)22-15-10-12-17(13-11-15)25-16-6-2-1-3-7-16/h1-13H,14H2,(H,22,26). The number of anilines is 2. The van der Waals surface area contributed by atoms with Gasteiger partial charge in [0.25, 0.3) is 0 Å². The zero-order chi connectivity index (χ0) is 18.6. The Morgan fingerprint density at radius 3 is 2.37 bits per heavy atom. The Labute approximate surface area is 167 Å². The fraction of sp³-hybridized carbons (Fsp3) is 0.0476. The molecule has 0 bridgehead atoms. The van der Waals surface area contributed by atoms with Crippen LogP contribution in [0.25, 0.3) is 0 Å². The number of carbonyl (C=O) groups excluding carboxylic acids is 1. The van der Waals surface area contributed by atoms with E-state index in [1.807, 2.05) is 78.9 Å². The highest BCUT2D eigenvalue weighted by molar-refractivity contribution is 8.00. The van der Waals surface area contributed by atoms with Crippen molar-refractivity contribution in [3.63, 3.8) is 0 Å². The number of carbonyl (C=O) groups is 1. The van der Waals surface area contributed by atoms with Crippen molar-refractivity contribution in [2.45, 2.75) is 4.90 Å². The van der Waals surface area contributed by atoms with Crippen LogP contribution in [0.3, 0.4) is 0 Å². The van der Waals surface area contributed by atoms with Gasteiger partial charge in [0.15, 0.2) is 5.11 Å². The average Bonchev–Trinajstić information content (AvgIpc) is 2.70. The number of hydrogen-bond acceptors (Lipinski definition) is 4. The van der Waals surface area contributed by atoms with Crippen molar-refractivity contribution in [3.8, 4) is 11.5 Å². The predicted octanol–water partition coefficient (Wildman–Crippen LogP) is 5.31. The van der Waals surface area contributed by atoms with Crippen molar-refractivity contribution < 1.29 is 9.53 Å². The Kier molecular flexibility index (Phi) is 5.09. The lowest BCUT2D eigenvalue weighted by molar-refractivity contribution is -0.115. The molecule has 0 saturated carbocycles. The molecule has 134 valence electrons. The van der Waals surface area contributed by atoms with Crippen LogP contribution in [0.1, 0.15) is 0 Å². The van der Waals surface area contributed by atoms with Gasteiger partial charge in [-0.25, -0.2) is 0 Å². The number of fused-ring (bicyclic) bond motifs is 1. The largest absolute Gasteiger partial charge is 0.457 e. The van der Waals surface area contributed by atoms with Gasteiger partial charge in [-0.15, -0.1) is 11.8 Å². The summed E-state index contributed by atoms with van der Waals surface area (Å²) >= 11 is 7.03. The Balaban J connectivity index is 1.48. The predicted molar refractivity (Wildman–Crippen MR) is 114 cm³/mol. The van der Waals surface area contributed by atoms with Crippen LogP contribution >= 0.6 is 24.0 Å². The smallest absolute Gasteiger partial charge is 0.243 e. The lowest BCUT2D eigenvalue weighted by Crippen LogP contribution is -2.43. The van der Waals surface area contributed by atoms with E-state index in [2.05, 4.69) is 5.32 Å². The van der Waals surface area contributed by atoms with Crippen LogP contribution < -0.4 is 15.0 Å². The van der Waals surface area contributed by atoms with Crippen molar-refractivity contribution in [2.24, 2.45) is 0 Å². The third-order valence-electron chi connectivity index (χ3n) is 3.99. The van der Waals surface area contributed by atoms with Crippen LogP contribution in [0.4, 0.5) is 11.4 Å². The van der Waals surface area contributed by atoms with Crippen molar-refractivity contribution >= 4 is 46.4 Å². The Hall–Kier alpha value is -2.83. The van der Waals surface area contributed by atoms with Gasteiger partial charge >= 0.3 is 0 Å². The molecule has 1 aliphatic heterocycles. The van der Waals surface area contributed by atoms with Crippen molar-refractivity contribution in [1.82, 2.24) is 0 Å². The number of benzene rings is 3. The zero-order valence-corrected chi connectivity index (χ0v) is 15.9. The maximum Gasteiger partial charge on any atom is 0.243 e. The summed E-state index contributed by atoms with van der Waals surface area (Å²) in [4.78, 5) is 15.0. The molecule has 3 aromatic rings. The van der Waals surface area contributed by atoms with E-state index in [1.54, 1.807) is 4.90 Å². The number of nitrogens with one attached hydrogen (secondary N) is 1. The molecule has 1 heterocycles. The molecule has 0 atom stereocenters. The second-order valence-corrected chi connectivity index (χ2v) is 7.26. The number of hydrogen-bond donors (Lipinski definition) is 1. The molecule has 6 heteroatoms. The zero-order valence-electron chi connectivity index (χ0n) is 14.3. The summed E-state index contributed by atoms with van der Waals surface area (Å²) in [7, 11) is 0. The highest BCUT2D eigenvalue weighted by Gasteiger charge is 2.27. The first-order valence-corrected chi connectivity index (χ1v) is 9.79. The molecule has 1 aliphatic rings. The summed E-state index contributed by atoms with van der Waals surface area (Å²) in [5.41, 5.74) is 1.62. The Morgan fingerprint density at radius 1 is 0.926 bits per heavy atom. The summed E-state index contributed by atoms with van der Waals surface area (Å²) in [5.74, 6) is 1.86. The number of nitrogens with zero attached hydrogens (tertiary/aromatic N) is 1. The molecule has 0 aliphatic carbocycles. The van der Waals surface area contributed by atoms with Gasteiger partial charge in [0.05, 0.1) is 11.4 Å². The first-order chi connectivity index (χ1) is 13.2. The Morgan fingerprint density at radius 2 is 1.59 bits per heavy atom. The number of rotatable bonds is 3. The SMILES string of the molecule is O=C1CSc2ccccc2N1C(=S)Nc1ccc(Oc2ccccc2)cc1. The lowest BCUT2D eigenvalue weighted by atomic mass is 10.2. The van der Waals surface area contributed by atoms with E-state index >= 15 is 0 Å². The fourth-order valence-electron chi connectivity index (χ4n) is 2.74. The molecular formula is C21H16N2O2S2. The molecule has 3 aromatic carbocycles. The van der Waals surface area contributed by atoms with Gasteiger partial charge < -0.3 is 10.1 Å². The number of amides is 1. The van der Waals surface area contributed by atoms with E-state index in [0.29, 0.717) is 10.9 Å². The average molecular weight is 393 g/mol. The van der Waals surface area contributed by atoms with E-state index in [4.69, 9.17) is 17.0 Å². The van der Waals surface area contributed by atoms with Crippen LogP contribution in [-0.4, -0.2) is 16.8 Å². The quantitative estimate of drug-likeness (QED) is 0.612. The van der Waals surface area contributed by atoms with Crippen LogP contribution in [0.5, 0.6) is 11.5 Å². The molecule has 0 spiro atoms. The van der Waals surface area contributed by atoms with Gasteiger partial charge in [-0.2, -0.15) is 0 Å². The molecule has 4 nitrogen and oxygen atoms in total. The summed E-state index contributed by atoms with van der Waals surface area (Å²) in [6.45, 7) is 0. The topological polar surface area (TPSA) is 41.6 Å². The van der Waals surface area contributed by atoms with E-state index in [-0.39, 0.29) is 5.91 Å². The van der Waals surface area contributed by atoms with E-state index < -0.39 is 0 Å². The monoisotopic (exact) mass is 392 g/mol.